The molecule has 1 aliphatic carbocycles. The molecule has 12 heavy (non-hydrogen) atoms. The Kier molecular flexibility index (Phi) is 2.63. The smallest absolute Gasteiger partial charge is 0.0630 e. The number of ether oxygens (including phenoxy) is 1. The number of hydrogen-bond acceptors (Lipinski definition) is 3. The Bertz CT molecular complexity index is 145. The van der Waals surface area contributed by atoms with Crippen LogP contribution in [-0.2, 0) is 4.74 Å². The topological polar surface area (TPSA) is 24.5 Å². The van der Waals surface area contributed by atoms with E-state index >= 15 is 0 Å². The van der Waals surface area contributed by atoms with Gasteiger partial charge in [-0.2, -0.15) is 0 Å². The van der Waals surface area contributed by atoms with Crippen LogP contribution in [0.15, 0.2) is 0 Å². The van der Waals surface area contributed by atoms with Crippen LogP contribution in [0.25, 0.3) is 0 Å². The molecule has 0 aromatic heterocycles. The molecule has 0 amide bonds. The third-order valence-electron chi connectivity index (χ3n) is 2.77. The molecule has 1 aliphatic heterocycles. The highest BCUT2D eigenvalue weighted by atomic mass is 16.5. The lowest BCUT2D eigenvalue weighted by molar-refractivity contribution is 0.0684. The summed E-state index contributed by atoms with van der Waals surface area (Å²) in [5, 5.41) is 3.41. The minimum absolute atomic E-state index is 0.622. The first kappa shape index (κ1) is 8.48. The van der Waals surface area contributed by atoms with Crippen molar-refractivity contribution in [2.45, 2.75) is 24.9 Å². The molecule has 2 fully saturated rings. The second kappa shape index (κ2) is 3.73. The number of piperazine rings is 1. The summed E-state index contributed by atoms with van der Waals surface area (Å²) in [4.78, 5) is 2.61. The van der Waals surface area contributed by atoms with Gasteiger partial charge in [0, 0.05) is 38.8 Å². The van der Waals surface area contributed by atoms with Gasteiger partial charge in [-0.15, -0.1) is 0 Å². The van der Waals surface area contributed by atoms with E-state index in [1.807, 2.05) is 0 Å². The summed E-state index contributed by atoms with van der Waals surface area (Å²) < 4.78 is 5.21. The van der Waals surface area contributed by atoms with Gasteiger partial charge >= 0.3 is 0 Å². The molecule has 1 saturated carbocycles. The fourth-order valence-electron chi connectivity index (χ4n) is 2.01. The van der Waals surface area contributed by atoms with Crippen molar-refractivity contribution in [3.8, 4) is 0 Å². The Balaban J connectivity index is 1.87. The standard InChI is InChI=1S/C9H18N2O/c1-12-7-9-6-10-4-5-11(9)8-2-3-8/h8-10H,2-7H2,1H3. The van der Waals surface area contributed by atoms with Crippen molar-refractivity contribution >= 4 is 0 Å². The summed E-state index contributed by atoms with van der Waals surface area (Å²) in [7, 11) is 1.79. The molecule has 0 bridgehead atoms. The maximum atomic E-state index is 5.21. The van der Waals surface area contributed by atoms with Crippen molar-refractivity contribution in [2.75, 3.05) is 33.4 Å². The van der Waals surface area contributed by atoms with E-state index in [0.717, 1.165) is 25.7 Å². The first-order chi connectivity index (χ1) is 5.92. The number of nitrogens with one attached hydrogen (secondary N) is 1. The van der Waals surface area contributed by atoms with Gasteiger partial charge in [0.25, 0.3) is 0 Å². The Morgan fingerprint density at radius 1 is 1.50 bits per heavy atom. The molecule has 1 atom stereocenters. The fraction of sp³-hybridized carbons (Fsp3) is 1.00. The molecular weight excluding hydrogens is 152 g/mol. The van der Waals surface area contributed by atoms with E-state index in [2.05, 4.69) is 10.2 Å². The Hall–Kier alpha value is -0.120. The number of rotatable bonds is 3. The molecule has 0 aromatic rings. The summed E-state index contributed by atoms with van der Waals surface area (Å²) in [5.74, 6) is 0. The average Bonchev–Trinajstić information content (AvgIpc) is 2.89. The molecule has 2 rings (SSSR count). The van der Waals surface area contributed by atoms with Gasteiger partial charge in [0.05, 0.1) is 6.61 Å². The van der Waals surface area contributed by atoms with Gasteiger partial charge in [0.15, 0.2) is 0 Å². The van der Waals surface area contributed by atoms with Crippen LogP contribution in [0.1, 0.15) is 12.8 Å². The van der Waals surface area contributed by atoms with Gasteiger partial charge < -0.3 is 10.1 Å². The minimum atomic E-state index is 0.622. The lowest BCUT2D eigenvalue weighted by Crippen LogP contribution is -2.53. The lowest BCUT2D eigenvalue weighted by atomic mass is 10.2. The lowest BCUT2D eigenvalue weighted by Gasteiger charge is -2.35. The Morgan fingerprint density at radius 3 is 3.00 bits per heavy atom. The molecule has 3 heteroatoms. The molecule has 1 heterocycles. The zero-order valence-corrected chi connectivity index (χ0v) is 7.75. The summed E-state index contributed by atoms with van der Waals surface area (Å²) in [5.41, 5.74) is 0. The van der Waals surface area contributed by atoms with Crippen LogP contribution in [0.2, 0.25) is 0 Å². The van der Waals surface area contributed by atoms with Crippen molar-refractivity contribution in [3.63, 3.8) is 0 Å². The maximum absolute atomic E-state index is 5.21. The third kappa shape index (κ3) is 1.79. The first-order valence-electron chi connectivity index (χ1n) is 4.87. The normalized spacial score (nSPS) is 32.2. The van der Waals surface area contributed by atoms with E-state index in [0.29, 0.717) is 6.04 Å². The summed E-state index contributed by atoms with van der Waals surface area (Å²) in [6.45, 7) is 4.34. The first-order valence-corrected chi connectivity index (χ1v) is 4.87. The molecule has 70 valence electrons. The van der Waals surface area contributed by atoms with Crippen LogP contribution in [0.5, 0.6) is 0 Å². The van der Waals surface area contributed by atoms with Crippen LogP contribution >= 0.6 is 0 Å². The van der Waals surface area contributed by atoms with E-state index in [4.69, 9.17) is 4.74 Å². The van der Waals surface area contributed by atoms with Crippen molar-refractivity contribution in [1.82, 2.24) is 10.2 Å². The SMILES string of the molecule is COCC1CNCCN1C1CC1. The highest BCUT2D eigenvalue weighted by Gasteiger charge is 2.34. The van der Waals surface area contributed by atoms with Gasteiger partial charge in [-0.05, 0) is 12.8 Å². The van der Waals surface area contributed by atoms with Crippen molar-refractivity contribution in [1.29, 1.82) is 0 Å². The number of hydrogen-bond donors (Lipinski definition) is 1. The minimum Gasteiger partial charge on any atom is -0.383 e. The van der Waals surface area contributed by atoms with E-state index in [9.17, 15) is 0 Å². The van der Waals surface area contributed by atoms with Crippen molar-refractivity contribution in [3.05, 3.63) is 0 Å². The second-order valence-corrected chi connectivity index (χ2v) is 3.78. The Labute approximate surface area is 74.1 Å². The quantitative estimate of drug-likeness (QED) is 0.648. The predicted octanol–water partition coefficient (Wildman–Crippen LogP) is 0.0690. The summed E-state index contributed by atoms with van der Waals surface area (Å²) >= 11 is 0. The second-order valence-electron chi connectivity index (χ2n) is 3.78. The van der Waals surface area contributed by atoms with Gasteiger partial charge in [0.2, 0.25) is 0 Å². The van der Waals surface area contributed by atoms with E-state index in [1.165, 1.54) is 19.4 Å². The monoisotopic (exact) mass is 170 g/mol. The zero-order chi connectivity index (χ0) is 8.39. The van der Waals surface area contributed by atoms with Crippen LogP contribution in [0.4, 0.5) is 0 Å². The molecule has 0 radical (unpaired) electrons. The zero-order valence-electron chi connectivity index (χ0n) is 7.75. The number of methoxy groups -OCH3 is 1. The third-order valence-corrected chi connectivity index (χ3v) is 2.77. The maximum Gasteiger partial charge on any atom is 0.0630 e. The van der Waals surface area contributed by atoms with Crippen LogP contribution in [0, 0.1) is 0 Å². The molecule has 1 N–H and O–H groups in total. The highest BCUT2D eigenvalue weighted by molar-refractivity contribution is 4.91. The summed E-state index contributed by atoms with van der Waals surface area (Å²) in [6.07, 6.45) is 2.81. The van der Waals surface area contributed by atoms with Crippen molar-refractivity contribution < 1.29 is 4.74 Å². The molecule has 3 nitrogen and oxygen atoms in total. The van der Waals surface area contributed by atoms with Gasteiger partial charge in [-0.3, -0.25) is 4.90 Å². The average molecular weight is 170 g/mol. The fourth-order valence-corrected chi connectivity index (χ4v) is 2.01. The molecule has 1 saturated heterocycles. The van der Waals surface area contributed by atoms with E-state index < -0.39 is 0 Å². The van der Waals surface area contributed by atoms with Crippen molar-refractivity contribution in [2.24, 2.45) is 0 Å². The Morgan fingerprint density at radius 2 is 2.33 bits per heavy atom. The molecular formula is C9H18N2O. The van der Waals surface area contributed by atoms with Gasteiger partial charge in [0.1, 0.15) is 0 Å². The summed E-state index contributed by atoms with van der Waals surface area (Å²) in [6, 6.07) is 1.50. The molecule has 1 unspecified atom stereocenters. The largest absolute Gasteiger partial charge is 0.383 e. The van der Waals surface area contributed by atoms with Crippen LogP contribution in [0.3, 0.4) is 0 Å². The molecule has 0 aromatic carbocycles. The molecule has 0 spiro atoms. The highest BCUT2D eigenvalue weighted by Crippen LogP contribution is 2.28. The van der Waals surface area contributed by atoms with Gasteiger partial charge in [-0.1, -0.05) is 0 Å². The van der Waals surface area contributed by atoms with E-state index in [-0.39, 0.29) is 0 Å². The number of nitrogens with zero attached hydrogens (tertiary/aromatic N) is 1. The van der Waals surface area contributed by atoms with Crippen LogP contribution in [-0.4, -0.2) is 50.3 Å². The molecule has 2 aliphatic rings. The van der Waals surface area contributed by atoms with E-state index in [1.54, 1.807) is 7.11 Å². The van der Waals surface area contributed by atoms with Gasteiger partial charge in [-0.25, -0.2) is 0 Å². The predicted molar refractivity (Wildman–Crippen MR) is 48.3 cm³/mol. The van der Waals surface area contributed by atoms with Crippen LogP contribution < -0.4 is 5.32 Å².